The number of hydrogen-bond donors (Lipinski definition) is 2. The molecule has 1 atom stereocenters. The molecule has 122 valence electrons. The normalized spacial score (nSPS) is 12.6. The number of aryl methyl sites for hydroxylation is 1. The van der Waals surface area contributed by atoms with E-state index < -0.39 is 21.0 Å². The summed E-state index contributed by atoms with van der Waals surface area (Å²) in [6.45, 7) is 0. The first-order valence-corrected chi connectivity index (χ1v) is 9.14. The van der Waals surface area contributed by atoms with E-state index in [2.05, 4.69) is 0 Å². The molecule has 0 saturated carbocycles. The van der Waals surface area contributed by atoms with Gasteiger partial charge < -0.3 is 0 Å². The molecule has 0 fully saturated rings. The van der Waals surface area contributed by atoms with Crippen LogP contribution in [0.15, 0.2) is 54.6 Å². The summed E-state index contributed by atoms with van der Waals surface area (Å²) in [5.74, 6) is -0.895. The van der Waals surface area contributed by atoms with Crippen molar-refractivity contribution >= 4 is 15.7 Å². The van der Waals surface area contributed by atoms with Crippen molar-refractivity contribution < 1.29 is 18.4 Å². The van der Waals surface area contributed by atoms with Crippen molar-refractivity contribution in [2.75, 3.05) is 6.26 Å². The number of nitrogens with one attached hydrogen (secondary N) is 1. The van der Waals surface area contributed by atoms with Crippen LogP contribution in [-0.2, 0) is 21.1 Å². The van der Waals surface area contributed by atoms with Crippen LogP contribution >= 0.6 is 0 Å². The van der Waals surface area contributed by atoms with Gasteiger partial charge in [0.05, 0.1) is 0 Å². The number of rotatable bonds is 6. The molecule has 0 heterocycles. The fraction of sp³-hybridized carbons (Fsp3) is 0.235. The van der Waals surface area contributed by atoms with Crippen molar-refractivity contribution in [3.05, 3.63) is 60.2 Å². The largest absolute Gasteiger partial charge is 0.289 e. The molecule has 0 spiro atoms. The molecular weight excluding hydrogens is 314 g/mol. The summed E-state index contributed by atoms with van der Waals surface area (Å²) in [5, 5.41) is 7.42. The van der Waals surface area contributed by atoms with Crippen molar-refractivity contribution in [3.8, 4) is 11.1 Å². The van der Waals surface area contributed by atoms with Crippen molar-refractivity contribution in [2.45, 2.75) is 18.1 Å². The first-order valence-electron chi connectivity index (χ1n) is 7.19. The van der Waals surface area contributed by atoms with Crippen LogP contribution < -0.4 is 5.48 Å². The minimum atomic E-state index is -3.57. The summed E-state index contributed by atoms with van der Waals surface area (Å²) in [4.78, 5) is 11.5. The average Bonchev–Trinajstić information content (AvgIpc) is 2.55. The van der Waals surface area contributed by atoms with Crippen molar-refractivity contribution in [3.63, 3.8) is 0 Å². The Bertz CT molecular complexity index is 755. The minimum Gasteiger partial charge on any atom is -0.289 e. The SMILES string of the molecule is CS(=O)(=O)C(CCc1ccc(-c2ccccc2)cc1)C(=O)NO. The lowest BCUT2D eigenvalue weighted by molar-refractivity contribution is -0.128. The van der Waals surface area contributed by atoms with Crippen LogP contribution in [0.3, 0.4) is 0 Å². The summed E-state index contributed by atoms with van der Waals surface area (Å²) >= 11 is 0. The van der Waals surface area contributed by atoms with Gasteiger partial charge in [0.15, 0.2) is 9.84 Å². The third-order valence-electron chi connectivity index (χ3n) is 3.68. The Kier molecular flexibility index (Phi) is 5.52. The Morgan fingerprint density at radius 1 is 1.04 bits per heavy atom. The first kappa shape index (κ1) is 17.2. The molecule has 2 rings (SSSR count). The van der Waals surface area contributed by atoms with Crippen LogP contribution in [0.2, 0.25) is 0 Å². The maximum absolute atomic E-state index is 11.6. The van der Waals surface area contributed by atoms with Gasteiger partial charge in [0.2, 0.25) is 0 Å². The number of hydrogen-bond acceptors (Lipinski definition) is 4. The third kappa shape index (κ3) is 4.64. The molecule has 0 radical (unpaired) electrons. The van der Waals surface area contributed by atoms with E-state index in [9.17, 15) is 13.2 Å². The molecule has 0 aromatic heterocycles. The summed E-state index contributed by atoms with van der Waals surface area (Å²) in [6, 6.07) is 17.7. The van der Waals surface area contributed by atoms with Crippen molar-refractivity contribution in [1.82, 2.24) is 5.48 Å². The lowest BCUT2D eigenvalue weighted by atomic mass is 10.0. The van der Waals surface area contributed by atoms with E-state index in [1.54, 1.807) is 0 Å². The molecule has 2 aromatic rings. The zero-order valence-electron chi connectivity index (χ0n) is 12.8. The predicted octanol–water partition coefficient (Wildman–Crippen LogP) is 2.20. The highest BCUT2D eigenvalue weighted by molar-refractivity contribution is 7.92. The van der Waals surface area contributed by atoms with Gasteiger partial charge in [-0.1, -0.05) is 54.6 Å². The number of sulfone groups is 1. The average molecular weight is 333 g/mol. The number of benzene rings is 2. The first-order chi connectivity index (χ1) is 10.9. The standard InChI is InChI=1S/C17H19NO4S/c1-23(21,22)16(17(19)18-20)12-9-13-7-10-15(11-8-13)14-5-3-2-4-6-14/h2-8,10-11,16,20H,9,12H2,1H3,(H,18,19). The van der Waals surface area contributed by atoms with E-state index in [-0.39, 0.29) is 6.42 Å². The monoisotopic (exact) mass is 333 g/mol. The van der Waals surface area contributed by atoms with Crippen LogP contribution in [0.1, 0.15) is 12.0 Å². The van der Waals surface area contributed by atoms with Crippen LogP contribution in [0.25, 0.3) is 11.1 Å². The smallest absolute Gasteiger partial charge is 0.261 e. The van der Waals surface area contributed by atoms with Gasteiger partial charge in [0.1, 0.15) is 5.25 Å². The van der Waals surface area contributed by atoms with Crippen LogP contribution in [0, 0.1) is 0 Å². The van der Waals surface area contributed by atoms with Gasteiger partial charge in [0, 0.05) is 6.26 Å². The molecule has 1 amide bonds. The second-order valence-corrected chi connectivity index (χ2v) is 7.62. The van der Waals surface area contributed by atoms with E-state index >= 15 is 0 Å². The Balaban J connectivity index is 2.07. The quantitative estimate of drug-likeness (QED) is 0.627. The Morgan fingerprint density at radius 3 is 2.13 bits per heavy atom. The summed E-state index contributed by atoms with van der Waals surface area (Å²) in [5.41, 5.74) is 4.53. The molecule has 0 bridgehead atoms. The number of hydroxylamine groups is 1. The van der Waals surface area contributed by atoms with Gasteiger partial charge >= 0.3 is 0 Å². The number of carbonyl (C=O) groups is 1. The lowest BCUT2D eigenvalue weighted by Crippen LogP contribution is -2.38. The van der Waals surface area contributed by atoms with Gasteiger partial charge in [-0.3, -0.25) is 10.0 Å². The van der Waals surface area contributed by atoms with E-state index in [1.165, 1.54) is 5.48 Å². The fourth-order valence-corrected chi connectivity index (χ4v) is 3.39. The molecule has 0 aliphatic rings. The molecule has 6 heteroatoms. The second-order valence-electron chi connectivity index (χ2n) is 5.40. The highest BCUT2D eigenvalue weighted by atomic mass is 32.2. The van der Waals surface area contributed by atoms with Crippen LogP contribution in [0.5, 0.6) is 0 Å². The summed E-state index contributed by atoms with van der Waals surface area (Å²) < 4.78 is 23.2. The van der Waals surface area contributed by atoms with Gasteiger partial charge in [-0.05, 0) is 29.5 Å². The molecule has 1 unspecified atom stereocenters. The summed E-state index contributed by atoms with van der Waals surface area (Å²) in [6.07, 6.45) is 1.54. The Labute approximate surface area is 135 Å². The van der Waals surface area contributed by atoms with E-state index in [0.717, 1.165) is 22.9 Å². The third-order valence-corrected chi connectivity index (χ3v) is 5.16. The molecular formula is C17H19NO4S. The van der Waals surface area contributed by atoms with E-state index in [4.69, 9.17) is 5.21 Å². The van der Waals surface area contributed by atoms with Crippen LogP contribution in [0.4, 0.5) is 0 Å². The molecule has 0 aliphatic carbocycles. The zero-order valence-corrected chi connectivity index (χ0v) is 13.6. The lowest BCUT2D eigenvalue weighted by Gasteiger charge is -2.13. The zero-order chi connectivity index (χ0) is 16.9. The van der Waals surface area contributed by atoms with Gasteiger partial charge in [-0.25, -0.2) is 13.9 Å². The molecule has 0 aliphatic heterocycles. The molecule has 0 saturated heterocycles. The van der Waals surface area contributed by atoms with Gasteiger partial charge in [0.25, 0.3) is 5.91 Å². The molecule has 2 N–H and O–H groups in total. The van der Waals surface area contributed by atoms with Gasteiger partial charge in [-0.15, -0.1) is 0 Å². The van der Waals surface area contributed by atoms with Crippen molar-refractivity contribution in [2.24, 2.45) is 0 Å². The van der Waals surface area contributed by atoms with E-state index in [1.807, 2.05) is 54.6 Å². The van der Waals surface area contributed by atoms with Crippen LogP contribution in [-0.4, -0.2) is 31.0 Å². The highest BCUT2D eigenvalue weighted by Crippen LogP contribution is 2.20. The Hall–Kier alpha value is -2.18. The maximum atomic E-state index is 11.6. The Morgan fingerprint density at radius 2 is 1.61 bits per heavy atom. The van der Waals surface area contributed by atoms with E-state index in [0.29, 0.717) is 6.42 Å². The predicted molar refractivity (Wildman–Crippen MR) is 88.8 cm³/mol. The molecule has 5 nitrogen and oxygen atoms in total. The molecule has 2 aromatic carbocycles. The topological polar surface area (TPSA) is 83.5 Å². The maximum Gasteiger partial charge on any atom is 0.261 e. The second kappa shape index (κ2) is 7.39. The number of amides is 1. The highest BCUT2D eigenvalue weighted by Gasteiger charge is 2.28. The number of carbonyl (C=O) groups excluding carboxylic acids is 1. The fourth-order valence-electron chi connectivity index (χ4n) is 2.40. The minimum absolute atomic E-state index is 0.121. The molecule has 23 heavy (non-hydrogen) atoms. The van der Waals surface area contributed by atoms with Crippen molar-refractivity contribution in [1.29, 1.82) is 0 Å². The van der Waals surface area contributed by atoms with Gasteiger partial charge in [-0.2, -0.15) is 0 Å². The summed E-state index contributed by atoms with van der Waals surface area (Å²) in [7, 11) is -3.57.